The molecule has 0 atom stereocenters. The molecule has 0 spiro atoms. The molecule has 22 heavy (non-hydrogen) atoms. The molecule has 0 saturated heterocycles. The molecule has 1 N–H and O–H groups in total. The van der Waals surface area contributed by atoms with E-state index in [1.54, 1.807) is 0 Å². The van der Waals surface area contributed by atoms with Crippen LogP contribution in [0.2, 0.25) is 0 Å². The number of carboxylic acid groups (broad SMARTS) is 1. The molecule has 3 rings (SSSR count). The highest BCUT2D eigenvalue weighted by atomic mass is 19.2. The summed E-state index contributed by atoms with van der Waals surface area (Å²) in [5.41, 5.74) is -3.06. The van der Waals surface area contributed by atoms with E-state index in [-0.39, 0.29) is 6.04 Å². The molecule has 0 amide bonds. The Morgan fingerprint density at radius 3 is 2.41 bits per heavy atom. The summed E-state index contributed by atoms with van der Waals surface area (Å²) in [4.78, 5) is 23.4. The van der Waals surface area contributed by atoms with E-state index in [1.807, 2.05) is 5.92 Å². The molecule has 0 bridgehead atoms. The van der Waals surface area contributed by atoms with Crippen LogP contribution in [-0.2, 0) is 0 Å². The average molecular weight is 307 g/mol. The minimum absolute atomic E-state index is 0.272. The molecule has 1 aliphatic carbocycles. The lowest BCUT2D eigenvalue weighted by Gasteiger charge is -2.14. The Balaban J connectivity index is 2.64. The summed E-state index contributed by atoms with van der Waals surface area (Å²) in [7, 11) is 0. The maximum atomic E-state index is 14.1. The van der Waals surface area contributed by atoms with Crippen LogP contribution in [0.15, 0.2) is 11.0 Å². The Hall–Kier alpha value is -2.75. The van der Waals surface area contributed by atoms with E-state index in [9.17, 15) is 22.8 Å². The van der Waals surface area contributed by atoms with Gasteiger partial charge in [-0.3, -0.25) is 4.79 Å². The second kappa shape index (κ2) is 4.63. The summed E-state index contributed by atoms with van der Waals surface area (Å²) < 4.78 is 42.8. The van der Waals surface area contributed by atoms with Gasteiger partial charge in [0, 0.05) is 12.2 Å². The predicted octanol–water partition coefficient (Wildman–Crippen LogP) is 2.43. The SMILES string of the molecule is C#Cc1c(F)c(F)c(F)c2c1c(=O)c(C(=O)O)cn2C1CC1. The number of aromatic nitrogens is 1. The average Bonchev–Trinajstić information content (AvgIpc) is 3.30. The van der Waals surface area contributed by atoms with Crippen molar-refractivity contribution in [3.63, 3.8) is 0 Å². The number of aromatic carboxylic acids is 1. The molecule has 112 valence electrons. The molecular formula is C15H8F3NO3. The number of carbonyl (C=O) groups is 1. The van der Waals surface area contributed by atoms with Crippen molar-refractivity contribution in [3.8, 4) is 12.3 Å². The van der Waals surface area contributed by atoms with E-state index in [0.717, 1.165) is 10.8 Å². The Kier molecular flexibility index (Phi) is 2.99. The van der Waals surface area contributed by atoms with Gasteiger partial charge in [0.05, 0.1) is 16.5 Å². The van der Waals surface area contributed by atoms with Crippen molar-refractivity contribution in [2.24, 2.45) is 0 Å². The van der Waals surface area contributed by atoms with Crippen molar-refractivity contribution >= 4 is 16.9 Å². The number of fused-ring (bicyclic) bond motifs is 1. The molecule has 1 aromatic heterocycles. The van der Waals surface area contributed by atoms with Crippen LogP contribution in [0, 0.1) is 29.8 Å². The number of halogens is 3. The van der Waals surface area contributed by atoms with Gasteiger partial charge in [-0.15, -0.1) is 6.42 Å². The van der Waals surface area contributed by atoms with Gasteiger partial charge in [0.2, 0.25) is 5.43 Å². The normalized spacial score (nSPS) is 14.1. The first-order chi connectivity index (χ1) is 10.4. The van der Waals surface area contributed by atoms with Crippen LogP contribution in [0.25, 0.3) is 10.9 Å². The molecule has 0 aliphatic heterocycles. The van der Waals surface area contributed by atoms with Gasteiger partial charge in [0.25, 0.3) is 0 Å². The zero-order valence-corrected chi connectivity index (χ0v) is 11.0. The van der Waals surface area contributed by atoms with Gasteiger partial charge < -0.3 is 9.67 Å². The Bertz CT molecular complexity index is 936. The molecule has 1 saturated carbocycles. The third-order valence-corrected chi connectivity index (χ3v) is 3.61. The highest BCUT2D eigenvalue weighted by Crippen LogP contribution is 2.38. The lowest BCUT2D eigenvalue weighted by atomic mass is 10.0. The highest BCUT2D eigenvalue weighted by Gasteiger charge is 2.31. The number of rotatable bonds is 2. The van der Waals surface area contributed by atoms with Crippen LogP contribution in [-0.4, -0.2) is 15.6 Å². The van der Waals surface area contributed by atoms with E-state index in [0.29, 0.717) is 12.8 Å². The van der Waals surface area contributed by atoms with Crippen LogP contribution in [0.5, 0.6) is 0 Å². The number of hydrogen-bond acceptors (Lipinski definition) is 2. The maximum Gasteiger partial charge on any atom is 0.341 e. The van der Waals surface area contributed by atoms with Gasteiger partial charge in [0.15, 0.2) is 17.5 Å². The van der Waals surface area contributed by atoms with Gasteiger partial charge in [-0.2, -0.15) is 0 Å². The topological polar surface area (TPSA) is 59.3 Å². The summed E-state index contributed by atoms with van der Waals surface area (Å²) in [5, 5.41) is 8.46. The fourth-order valence-corrected chi connectivity index (χ4v) is 2.44. The molecular weight excluding hydrogens is 299 g/mol. The molecule has 0 unspecified atom stereocenters. The second-order valence-electron chi connectivity index (χ2n) is 5.00. The minimum Gasteiger partial charge on any atom is -0.477 e. The summed E-state index contributed by atoms with van der Waals surface area (Å²) >= 11 is 0. The summed E-state index contributed by atoms with van der Waals surface area (Å²) in [6.07, 6.45) is 7.27. The van der Waals surface area contributed by atoms with E-state index < -0.39 is 50.9 Å². The van der Waals surface area contributed by atoms with E-state index >= 15 is 0 Å². The maximum absolute atomic E-state index is 14.1. The predicted molar refractivity (Wildman–Crippen MR) is 71.2 cm³/mol. The number of terminal acetylenes is 1. The Labute approximate surface area is 121 Å². The van der Waals surface area contributed by atoms with Crippen molar-refractivity contribution in [2.75, 3.05) is 0 Å². The Morgan fingerprint density at radius 1 is 1.27 bits per heavy atom. The van der Waals surface area contributed by atoms with E-state index in [1.165, 1.54) is 0 Å². The monoisotopic (exact) mass is 307 g/mol. The van der Waals surface area contributed by atoms with Gasteiger partial charge in [-0.1, -0.05) is 5.92 Å². The standard InChI is InChI=1S/C15H8F3NO3/c1-2-7-9-13(12(18)11(17)10(7)16)19(6-3-4-6)5-8(14(9)20)15(21)22/h1,5-6H,3-4H2,(H,21,22). The van der Waals surface area contributed by atoms with Crippen LogP contribution in [0.3, 0.4) is 0 Å². The zero-order valence-electron chi connectivity index (χ0n) is 11.0. The van der Waals surface area contributed by atoms with Crippen LogP contribution < -0.4 is 5.43 Å². The van der Waals surface area contributed by atoms with Crippen molar-refractivity contribution in [2.45, 2.75) is 18.9 Å². The zero-order chi connectivity index (χ0) is 16.2. The van der Waals surface area contributed by atoms with Crippen LogP contribution >= 0.6 is 0 Å². The molecule has 1 heterocycles. The van der Waals surface area contributed by atoms with Crippen molar-refractivity contribution in [1.29, 1.82) is 0 Å². The number of benzene rings is 1. The first-order valence-corrected chi connectivity index (χ1v) is 6.33. The van der Waals surface area contributed by atoms with E-state index in [4.69, 9.17) is 11.5 Å². The van der Waals surface area contributed by atoms with Gasteiger partial charge >= 0.3 is 5.97 Å². The number of carboxylic acids is 1. The van der Waals surface area contributed by atoms with Crippen molar-refractivity contribution < 1.29 is 23.1 Å². The van der Waals surface area contributed by atoms with E-state index in [2.05, 4.69) is 0 Å². The summed E-state index contributed by atoms with van der Waals surface area (Å²) in [6, 6.07) is -0.272. The lowest BCUT2D eigenvalue weighted by molar-refractivity contribution is 0.0695. The lowest BCUT2D eigenvalue weighted by Crippen LogP contribution is -2.21. The third-order valence-electron chi connectivity index (χ3n) is 3.61. The molecule has 7 heteroatoms. The number of nitrogens with zero attached hydrogens (tertiary/aromatic N) is 1. The van der Waals surface area contributed by atoms with Gasteiger partial charge in [-0.05, 0) is 12.8 Å². The molecule has 1 aliphatic rings. The number of pyridine rings is 1. The van der Waals surface area contributed by atoms with Gasteiger partial charge in [-0.25, -0.2) is 18.0 Å². The highest BCUT2D eigenvalue weighted by molar-refractivity contribution is 5.95. The third kappa shape index (κ3) is 1.80. The largest absolute Gasteiger partial charge is 0.477 e. The minimum atomic E-state index is -1.78. The first kappa shape index (κ1) is 14.2. The molecule has 1 fully saturated rings. The van der Waals surface area contributed by atoms with Crippen molar-refractivity contribution in [3.05, 3.63) is 45.0 Å². The first-order valence-electron chi connectivity index (χ1n) is 6.33. The summed E-state index contributed by atoms with van der Waals surface area (Å²) in [6.45, 7) is 0. The van der Waals surface area contributed by atoms with Crippen LogP contribution in [0.4, 0.5) is 13.2 Å². The van der Waals surface area contributed by atoms with Crippen molar-refractivity contribution in [1.82, 2.24) is 4.57 Å². The van der Waals surface area contributed by atoms with Gasteiger partial charge in [0.1, 0.15) is 5.56 Å². The smallest absolute Gasteiger partial charge is 0.341 e. The fraction of sp³-hybridized carbons (Fsp3) is 0.200. The fourth-order valence-electron chi connectivity index (χ4n) is 2.44. The molecule has 0 radical (unpaired) electrons. The molecule has 2 aromatic rings. The number of hydrogen-bond donors (Lipinski definition) is 1. The summed E-state index contributed by atoms with van der Waals surface area (Å²) in [5.74, 6) is -4.74. The molecule has 1 aromatic carbocycles. The Morgan fingerprint density at radius 2 is 1.91 bits per heavy atom. The quantitative estimate of drug-likeness (QED) is 0.685. The van der Waals surface area contributed by atoms with Crippen LogP contribution in [0.1, 0.15) is 34.8 Å². The second-order valence-corrected chi connectivity index (χ2v) is 5.00. The molecule has 4 nitrogen and oxygen atoms in total.